The van der Waals surface area contributed by atoms with E-state index in [0.717, 1.165) is 24.8 Å². The Morgan fingerprint density at radius 1 is 1.12 bits per heavy atom. The van der Waals surface area contributed by atoms with Gasteiger partial charge in [0.2, 0.25) is 0 Å². The lowest BCUT2D eigenvalue weighted by Crippen LogP contribution is -2.67. The number of esters is 1. The van der Waals surface area contributed by atoms with Crippen LogP contribution in [0.15, 0.2) is 30.3 Å². The molecule has 0 aromatic heterocycles. The highest BCUT2D eigenvalue weighted by Crippen LogP contribution is 2.61. The first-order valence-electron chi connectivity index (χ1n) is 11.2. The maximum absolute atomic E-state index is 13.4. The van der Waals surface area contributed by atoms with Crippen LogP contribution < -0.4 is 5.43 Å². The second-order valence-electron chi connectivity index (χ2n) is 10.1. The molecule has 1 N–H and O–H groups in total. The first kappa shape index (κ1) is 23.1. The molecule has 4 aliphatic rings. The molecule has 0 spiro atoms. The van der Waals surface area contributed by atoms with Gasteiger partial charge in [-0.2, -0.15) is 0 Å². The fraction of sp³-hybridized carbons (Fsp3) is 0.625. The number of hydrazine groups is 1. The molecule has 0 unspecified atom stereocenters. The molecule has 0 aliphatic heterocycles. The van der Waals surface area contributed by atoms with Gasteiger partial charge in [0.1, 0.15) is 10.9 Å². The summed E-state index contributed by atoms with van der Waals surface area (Å²) in [6.45, 7) is 3.66. The van der Waals surface area contributed by atoms with E-state index in [-0.39, 0.29) is 36.4 Å². The van der Waals surface area contributed by atoms with Crippen LogP contribution in [0.3, 0.4) is 0 Å². The number of ether oxygens (including phenoxy) is 2. The minimum Gasteiger partial charge on any atom is -0.469 e. The maximum atomic E-state index is 13.4. The number of hydrogen-bond donors (Lipinski definition) is 1. The molecule has 2 amide bonds. The summed E-state index contributed by atoms with van der Waals surface area (Å²) in [5.74, 6) is 0.368. The highest BCUT2D eigenvalue weighted by atomic mass is 79.9. The van der Waals surface area contributed by atoms with Crippen molar-refractivity contribution < 1.29 is 23.9 Å². The van der Waals surface area contributed by atoms with Crippen molar-refractivity contribution in [1.82, 2.24) is 10.4 Å². The number of nitrogens with one attached hydrogen (secondary N) is 1. The van der Waals surface area contributed by atoms with Crippen LogP contribution in [0.1, 0.15) is 51.5 Å². The normalized spacial score (nSPS) is 30.5. The predicted octanol–water partition coefficient (Wildman–Crippen LogP) is 4.20. The highest BCUT2D eigenvalue weighted by Gasteiger charge is 2.61. The van der Waals surface area contributed by atoms with E-state index in [4.69, 9.17) is 9.47 Å². The SMILES string of the molecule is COC(=O)C12CC3C[C@@H](C1)C(N(NC(=O)OCc1ccccc1)C(=O)C(C)(C)Br)[C@@H](C3)C2. The summed E-state index contributed by atoms with van der Waals surface area (Å²) in [4.78, 5) is 38.7. The van der Waals surface area contributed by atoms with Crippen molar-refractivity contribution in [2.75, 3.05) is 7.11 Å². The van der Waals surface area contributed by atoms with Crippen LogP contribution in [0.25, 0.3) is 0 Å². The average molecular weight is 507 g/mol. The van der Waals surface area contributed by atoms with Crippen LogP contribution in [0, 0.1) is 23.2 Å². The van der Waals surface area contributed by atoms with Crippen LogP contribution >= 0.6 is 15.9 Å². The van der Waals surface area contributed by atoms with E-state index in [2.05, 4.69) is 21.4 Å². The van der Waals surface area contributed by atoms with Gasteiger partial charge in [0.05, 0.1) is 18.6 Å². The van der Waals surface area contributed by atoms with E-state index in [1.165, 1.54) is 12.1 Å². The first-order chi connectivity index (χ1) is 15.1. The molecule has 8 heteroatoms. The van der Waals surface area contributed by atoms with Crippen molar-refractivity contribution in [3.63, 3.8) is 0 Å². The number of nitrogens with zero attached hydrogens (tertiary/aromatic N) is 1. The van der Waals surface area contributed by atoms with E-state index in [1.54, 1.807) is 13.8 Å². The monoisotopic (exact) mass is 506 g/mol. The second kappa shape index (κ2) is 8.69. The minimum atomic E-state index is -0.853. The lowest BCUT2D eigenvalue weighted by Gasteiger charge is -2.60. The Morgan fingerprint density at radius 2 is 1.75 bits per heavy atom. The molecule has 0 heterocycles. The smallest absolute Gasteiger partial charge is 0.426 e. The number of rotatable bonds is 5. The first-order valence-corrected chi connectivity index (χ1v) is 12.0. The fourth-order valence-corrected chi connectivity index (χ4v) is 6.48. The molecule has 0 saturated heterocycles. The summed E-state index contributed by atoms with van der Waals surface area (Å²) in [6.07, 6.45) is 3.48. The average Bonchev–Trinajstić information content (AvgIpc) is 2.75. The Balaban J connectivity index is 1.53. The van der Waals surface area contributed by atoms with Gasteiger partial charge in [-0.15, -0.1) is 0 Å². The number of amides is 2. The molecule has 2 atom stereocenters. The highest BCUT2D eigenvalue weighted by molar-refractivity contribution is 9.10. The van der Waals surface area contributed by atoms with Crippen molar-refractivity contribution in [2.24, 2.45) is 23.2 Å². The minimum absolute atomic E-state index is 0.122. The van der Waals surface area contributed by atoms with E-state index < -0.39 is 15.8 Å². The molecular formula is C24H31BrN2O5. The summed E-state index contributed by atoms with van der Waals surface area (Å²) in [6, 6.07) is 9.24. The van der Waals surface area contributed by atoms with Crippen molar-refractivity contribution in [3.8, 4) is 0 Å². The van der Waals surface area contributed by atoms with Crippen molar-refractivity contribution in [2.45, 2.75) is 62.9 Å². The van der Waals surface area contributed by atoms with Gasteiger partial charge in [0, 0.05) is 0 Å². The van der Waals surface area contributed by atoms with Crippen LogP contribution in [-0.4, -0.2) is 40.5 Å². The molecule has 4 bridgehead atoms. The molecule has 32 heavy (non-hydrogen) atoms. The number of alkyl halides is 1. The van der Waals surface area contributed by atoms with Crippen LogP contribution in [0.4, 0.5) is 4.79 Å². The fourth-order valence-electron chi connectivity index (χ4n) is 6.29. The number of carbonyl (C=O) groups is 3. The van der Waals surface area contributed by atoms with Gasteiger partial charge in [0.15, 0.2) is 0 Å². The molecule has 4 aliphatic carbocycles. The van der Waals surface area contributed by atoms with Crippen LogP contribution in [-0.2, 0) is 25.7 Å². The molecule has 0 radical (unpaired) electrons. The van der Waals surface area contributed by atoms with Crippen LogP contribution in [0.2, 0.25) is 0 Å². The Kier molecular flexibility index (Phi) is 6.27. The van der Waals surface area contributed by atoms with Gasteiger partial charge >= 0.3 is 12.1 Å². The number of methoxy groups -OCH3 is 1. The second-order valence-corrected chi connectivity index (χ2v) is 12.0. The summed E-state index contributed by atoms with van der Waals surface area (Å²) in [5, 5.41) is 1.49. The van der Waals surface area contributed by atoms with Gasteiger partial charge in [-0.05, 0) is 69.3 Å². The number of carbonyl (C=O) groups excluding carboxylic acids is 3. The lowest BCUT2D eigenvalue weighted by molar-refractivity contribution is -0.181. The van der Waals surface area contributed by atoms with Crippen molar-refractivity contribution >= 4 is 33.9 Å². The molecule has 7 nitrogen and oxygen atoms in total. The summed E-state index contributed by atoms with van der Waals surface area (Å²) < 4.78 is 9.71. The summed E-state index contributed by atoms with van der Waals surface area (Å²) in [7, 11) is 1.45. The van der Waals surface area contributed by atoms with E-state index in [0.29, 0.717) is 18.8 Å². The molecule has 1 aromatic carbocycles. The molecular weight excluding hydrogens is 476 g/mol. The Labute approximate surface area is 197 Å². The lowest BCUT2D eigenvalue weighted by atomic mass is 9.47. The third-order valence-electron chi connectivity index (χ3n) is 7.29. The van der Waals surface area contributed by atoms with Crippen molar-refractivity contribution in [1.29, 1.82) is 0 Å². The van der Waals surface area contributed by atoms with Crippen molar-refractivity contribution in [3.05, 3.63) is 35.9 Å². The zero-order valence-electron chi connectivity index (χ0n) is 18.8. The topological polar surface area (TPSA) is 84.9 Å². The molecule has 4 fully saturated rings. The quantitative estimate of drug-likeness (QED) is 0.367. The zero-order chi connectivity index (χ0) is 23.1. The van der Waals surface area contributed by atoms with Gasteiger partial charge in [0.25, 0.3) is 5.91 Å². The Hall–Kier alpha value is -2.09. The zero-order valence-corrected chi connectivity index (χ0v) is 20.4. The van der Waals surface area contributed by atoms with Gasteiger partial charge in [-0.25, -0.2) is 15.2 Å². The standard InChI is InChI=1S/C24H31BrN2O5/c1-23(2,25)20(28)27(26-22(30)32-14-15-7-5-4-6-8-15)19-17-9-16-10-18(19)13-24(11-16,12-17)21(29)31-3/h4-8,16-19H,9-14H2,1-3H3,(H,26,30)/t16?,17-,18-,19?,24?/m0/s1. The Bertz CT molecular complexity index is 868. The number of halogens is 1. The maximum Gasteiger partial charge on any atom is 0.426 e. The third-order valence-corrected chi connectivity index (χ3v) is 7.63. The van der Waals surface area contributed by atoms with Gasteiger partial charge in [-0.3, -0.25) is 9.59 Å². The van der Waals surface area contributed by atoms with E-state index in [9.17, 15) is 14.4 Å². The largest absolute Gasteiger partial charge is 0.469 e. The Morgan fingerprint density at radius 3 is 2.31 bits per heavy atom. The summed E-state index contributed by atoms with van der Waals surface area (Å²) in [5.41, 5.74) is 3.17. The van der Waals surface area contributed by atoms with E-state index in [1.807, 2.05) is 30.3 Å². The van der Waals surface area contributed by atoms with Gasteiger partial charge < -0.3 is 9.47 Å². The molecule has 4 saturated carbocycles. The van der Waals surface area contributed by atoms with Gasteiger partial charge in [-0.1, -0.05) is 46.3 Å². The molecule has 1 aromatic rings. The molecule has 174 valence electrons. The predicted molar refractivity (Wildman–Crippen MR) is 121 cm³/mol. The van der Waals surface area contributed by atoms with E-state index >= 15 is 0 Å². The van der Waals surface area contributed by atoms with Crippen LogP contribution in [0.5, 0.6) is 0 Å². The molecule has 5 rings (SSSR count). The number of hydrogen-bond acceptors (Lipinski definition) is 5. The number of benzene rings is 1. The third kappa shape index (κ3) is 4.38. The summed E-state index contributed by atoms with van der Waals surface area (Å²) >= 11 is 3.46.